The number of hydrogen-bond donors (Lipinski definition) is 0. The second-order valence-electron chi connectivity index (χ2n) is 3.03. The molecule has 0 amide bonds. The zero-order chi connectivity index (χ0) is 9.10. The summed E-state index contributed by atoms with van der Waals surface area (Å²) in [7, 11) is 0. The summed E-state index contributed by atoms with van der Waals surface area (Å²) in [5, 5.41) is 8.71. The van der Waals surface area contributed by atoms with Gasteiger partial charge in [0, 0.05) is 5.92 Å². The van der Waals surface area contributed by atoms with Gasteiger partial charge in [-0.15, -0.1) is 0 Å². The van der Waals surface area contributed by atoms with Gasteiger partial charge in [0.1, 0.15) is 0 Å². The van der Waals surface area contributed by atoms with E-state index in [4.69, 9.17) is 5.26 Å². The van der Waals surface area contributed by atoms with Crippen LogP contribution in [0.15, 0.2) is 59.8 Å². The van der Waals surface area contributed by atoms with Gasteiger partial charge in [-0.25, -0.2) is 0 Å². The maximum Gasteiger partial charge on any atom is 0.0991 e. The molecule has 0 spiro atoms. The molecular weight excluding hydrogens is 158 g/mol. The first kappa shape index (κ1) is 7.82. The first-order valence-corrected chi connectivity index (χ1v) is 4.25. The Labute approximate surface area is 77.7 Å². The molecule has 2 rings (SSSR count). The summed E-state index contributed by atoms with van der Waals surface area (Å²) in [6.07, 6.45) is 16.0. The highest BCUT2D eigenvalue weighted by Crippen LogP contribution is 2.23. The van der Waals surface area contributed by atoms with Gasteiger partial charge in [0.2, 0.25) is 0 Å². The fourth-order valence-corrected chi connectivity index (χ4v) is 1.44. The van der Waals surface area contributed by atoms with Crippen molar-refractivity contribution in [2.75, 3.05) is 0 Å². The Morgan fingerprint density at radius 3 is 2.85 bits per heavy atom. The highest BCUT2D eigenvalue weighted by Gasteiger charge is 2.08. The Bertz CT molecular complexity index is 397. The minimum atomic E-state index is 0.340. The van der Waals surface area contributed by atoms with Gasteiger partial charge in [0.05, 0.1) is 11.6 Å². The van der Waals surface area contributed by atoms with E-state index in [1.54, 1.807) is 0 Å². The molecule has 0 bridgehead atoms. The van der Waals surface area contributed by atoms with Gasteiger partial charge in [0.25, 0.3) is 0 Å². The van der Waals surface area contributed by atoms with Crippen molar-refractivity contribution in [2.24, 2.45) is 5.92 Å². The summed E-state index contributed by atoms with van der Waals surface area (Å²) < 4.78 is 0. The normalized spacial score (nSPS) is 24.1. The monoisotopic (exact) mass is 167 g/mol. The zero-order valence-electron chi connectivity index (χ0n) is 7.14. The molecule has 0 heterocycles. The van der Waals surface area contributed by atoms with Crippen LogP contribution in [0.1, 0.15) is 0 Å². The van der Waals surface area contributed by atoms with E-state index >= 15 is 0 Å². The Hall–Kier alpha value is -1.81. The van der Waals surface area contributed by atoms with E-state index in [0.717, 1.165) is 0 Å². The van der Waals surface area contributed by atoms with Crippen molar-refractivity contribution in [2.45, 2.75) is 0 Å². The molecule has 0 saturated carbocycles. The smallest absolute Gasteiger partial charge is 0.0991 e. The van der Waals surface area contributed by atoms with Crippen molar-refractivity contribution < 1.29 is 0 Å². The van der Waals surface area contributed by atoms with Crippen LogP contribution in [0, 0.1) is 17.2 Å². The van der Waals surface area contributed by atoms with Crippen LogP contribution in [-0.2, 0) is 0 Å². The Balaban J connectivity index is 2.40. The van der Waals surface area contributed by atoms with Crippen molar-refractivity contribution in [1.29, 1.82) is 5.26 Å². The van der Waals surface area contributed by atoms with Gasteiger partial charge in [-0.2, -0.15) is 5.26 Å². The number of fused-ring (bicyclic) bond motifs is 1. The molecule has 2 aliphatic rings. The third-order valence-corrected chi connectivity index (χ3v) is 2.17. The maximum absolute atomic E-state index is 8.71. The fourth-order valence-electron chi connectivity index (χ4n) is 1.44. The second kappa shape index (κ2) is 3.28. The molecule has 1 nitrogen and oxygen atoms in total. The van der Waals surface area contributed by atoms with Crippen LogP contribution in [0.2, 0.25) is 0 Å². The quantitative estimate of drug-likeness (QED) is 0.544. The first-order chi connectivity index (χ1) is 6.40. The molecule has 0 aromatic carbocycles. The van der Waals surface area contributed by atoms with Crippen LogP contribution >= 0.6 is 0 Å². The summed E-state index contributed by atoms with van der Waals surface area (Å²) >= 11 is 0. The molecule has 0 N–H and O–H groups in total. The largest absolute Gasteiger partial charge is 0.192 e. The minimum absolute atomic E-state index is 0.340. The van der Waals surface area contributed by atoms with Crippen LogP contribution in [0.5, 0.6) is 0 Å². The Morgan fingerprint density at radius 2 is 2.00 bits per heavy atom. The van der Waals surface area contributed by atoms with E-state index in [-0.39, 0.29) is 0 Å². The van der Waals surface area contributed by atoms with Crippen molar-refractivity contribution in [3.8, 4) is 6.07 Å². The number of hydrogen-bond acceptors (Lipinski definition) is 1. The van der Waals surface area contributed by atoms with Crippen molar-refractivity contribution in [3.05, 3.63) is 59.8 Å². The number of rotatable bonds is 0. The molecule has 0 saturated heterocycles. The van der Waals surface area contributed by atoms with E-state index in [1.807, 2.05) is 36.5 Å². The molecule has 2 aliphatic carbocycles. The maximum atomic E-state index is 8.71. The molecule has 0 radical (unpaired) electrons. The fraction of sp³-hybridized carbons (Fsp3) is 0.0833. The van der Waals surface area contributed by atoms with Crippen LogP contribution < -0.4 is 0 Å². The van der Waals surface area contributed by atoms with Crippen molar-refractivity contribution >= 4 is 0 Å². The highest BCUT2D eigenvalue weighted by atomic mass is 14.2. The van der Waals surface area contributed by atoms with Gasteiger partial charge < -0.3 is 0 Å². The molecule has 13 heavy (non-hydrogen) atoms. The molecular formula is C12H9N. The van der Waals surface area contributed by atoms with Gasteiger partial charge in [0.15, 0.2) is 0 Å². The number of allylic oxidation sites excluding steroid dienone is 10. The molecule has 62 valence electrons. The van der Waals surface area contributed by atoms with Crippen LogP contribution in [-0.4, -0.2) is 0 Å². The average molecular weight is 167 g/mol. The lowest BCUT2D eigenvalue weighted by Crippen LogP contribution is -1.96. The lowest BCUT2D eigenvalue weighted by atomic mass is 9.95. The summed E-state index contributed by atoms with van der Waals surface area (Å²) in [4.78, 5) is 0. The minimum Gasteiger partial charge on any atom is -0.192 e. The lowest BCUT2D eigenvalue weighted by Gasteiger charge is -2.10. The van der Waals surface area contributed by atoms with Crippen LogP contribution in [0.4, 0.5) is 0 Å². The summed E-state index contributed by atoms with van der Waals surface area (Å²) in [5.41, 5.74) is 1.95. The van der Waals surface area contributed by atoms with Gasteiger partial charge in [-0.3, -0.25) is 0 Å². The third-order valence-electron chi connectivity index (χ3n) is 2.17. The Morgan fingerprint density at radius 1 is 1.08 bits per heavy atom. The Kier molecular flexibility index (Phi) is 1.97. The molecule has 0 aromatic rings. The topological polar surface area (TPSA) is 23.8 Å². The molecule has 1 atom stereocenters. The van der Waals surface area contributed by atoms with Gasteiger partial charge in [-0.1, -0.05) is 36.5 Å². The van der Waals surface area contributed by atoms with Gasteiger partial charge >= 0.3 is 0 Å². The van der Waals surface area contributed by atoms with E-state index in [2.05, 4.69) is 18.2 Å². The third kappa shape index (κ3) is 1.52. The lowest BCUT2D eigenvalue weighted by molar-refractivity contribution is 0.997. The van der Waals surface area contributed by atoms with E-state index in [9.17, 15) is 0 Å². The molecule has 1 heteroatoms. The van der Waals surface area contributed by atoms with E-state index in [1.165, 1.54) is 5.57 Å². The highest BCUT2D eigenvalue weighted by molar-refractivity contribution is 5.47. The molecule has 1 unspecified atom stereocenters. The predicted octanol–water partition coefficient (Wildman–Crippen LogP) is 2.67. The van der Waals surface area contributed by atoms with Crippen LogP contribution in [0.3, 0.4) is 0 Å². The zero-order valence-corrected chi connectivity index (χ0v) is 7.14. The standard InChI is InChI=1S/C12H9N/c13-9-10-5-7-11-3-1-2-4-12(11)8-6-10/h1-8,11H. The number of nitriles is 1. The van der Waals surface area contributed by atoms with Crippen LogP contribution in [0.25, 0.3) is 0 Å². The average Bonchev–Trinajstić information content (AvgIpc) is 2.39. The summed E-state index contributed by atoms with van der Waals surface area (Å²) in [6.45, 7) is 0. The van der Waals surface area contributed by atoms with E-state index in [0.29, 0.717) is 11.5 Å². The predicted molar refractivity (Wildman–Crippen MR) is 52.7 cm³/mol. The second-order valence-corrected chi connectivity index (χ2v) is 3.03. The van der Waals surface area contributed by atoms with Gasteiger partial charge in [-0.05, 0) is 17.7 Å². The first-order valence-electron chi connectivity index (χ1n) is 4.25. The summed E-state index contributed by atoms with van der Waals surface area (Å²) in [6, 6.07) is 2.14. The molecule has 0 aliphatic heterocycles. The number of nitrogens with zero attached hydrogens (tertiary/aromatic N) is 1. The van der Waals surface area contributed by atoms with Crippen molar-refractivity contribution in [3.63, 3.8) is 0 Å². The summed E-state index contributed by atoms with van der Waals surface area (Å²) in [5.74, 6) is 0.340. The molecule has 0 aromatic heterocycles. The SMILES string of the molecule is N#CC1=CC=C2C=CC=CC2C=C1. The molecule has 0 fully saturated rings. The van der Waals surface area contributed by atoms with E-state index < -0.39 is 0 Å². The van der Waals surface area contributed by atoms with Crippen molar-refractivity contribution in [1.82, 2.24) is 0 Å².